The number of carbonyl (C=O) groups is 1. The fourth-order valence-corrected chi connectivity index (χ4v) is 1.50. The standard InChI is InChI=1S/C8H6O2.C6H14O3/c9-8-7-4-2-1-3-6(7)5-10-8;1-2-8-5-6-9-4-3-7/h1-4H,5H2;7H,2-6H2,1H3. The molecule has 0 aliphatic carbocycles. The maximum absolute atomic E-state index is 10.8. The minimum Gasteiger partial charge on any atom is -0.457 e. The van der Waals surface area contributed by atoms with Crippen molar-refractivity contribution in [2.24, 2.45) is 0 Å². The van der Waals surface area contributed by atoms with E-state index in [2.05, 4.69) is 0 Å². The van der Waals surface area contributed by atoms with Crippen LogP contribution in [0.4, 0.5) is 0 Å². The minimum atomic E-state index is -0.199. The number of hydrogen-bond donors (Lipinski definition) is 1. The smallest absolute Gasteiger partial charge is 0.338 e. The summed E-state index contributed by atoms with van der Waals surface area (Å²) in [5, 5.41) is 8.26. The van der Waals surface area contributed by atoms with Gasteiger partial charge in [0.2, 0.25) is 0 Å². The second kappa shape index (κ2) is 9.49. The highest BCUT2D eigenvalue weighted by Gasteiger charge is 2.18. The van der Waals surface area contributed by atoms with Crippen LogP contribution in [0.25, 0.3) is 0 Å². The van der Waals surface area contributed by atoms with Crippen molar-refractivity contribution < 1.29 is 24.1 Å². The van der Waals surface area contributed by atoms with E-state index in [1.165, 1.54) is 0 Å². The summed E-state index contributed by atoms with van der Waals surface area (Å²) < 4.78 is 14.7. The molecule has 1 aliphatic rings. The lowest BCUT2D eigenvalue weighted by Crippen LogP contribution is -2.06. The Bertz CT molecular complexity index is 372. The molecule has 0 bridgehead atoms. The van der Waals surface area contributed by atoms with Gasteiger partial charge in [-0.3, -0.25) is 0 Å². The van der Waals surface area contributed by atoms with Crippen molar-refractivity contribution in [2.45, 2.75) is 13.5 Å². The summed E-state index contributed by atoms with van der Waals surface area (Å²) >= 11 is 0. The van der Waals surface area contributed by atoms with E-state index in [1.54, 1.807) is 6.07 Å². The summed E-state index contributed by atoms with van der Waals surface area (Å²) in [4.78, 5) is 10.8. The van der Waals surface area contributed by atoms with Crippen molar-refractivity contribution in [3.8, 4) is 0 Å². The molecule has 2 rings (SSSR count). The molecule has 1 aliphatic heterocycles. The molecule has 0 radical (unpaired) electrons. The molecule has 5 nitrogen and oxygen atoms in total. The summed E-state index contributed by atoms with van der Waals surface area (Å²) in [7, 11) is 0. The van der Waals surface area contributed by atoms with Crippen molar-refractivity contribution in [1.82, 2.24) is 0 Å². The molecule has 0 saturated heterocycles. The van der Waals surface area contributed by atoms with Crippen molar-refractivity contribution in [1.29, 1.82) is 0 Å². The molecule has 1 aromatic carbocycles. The molecule has 0 unspecified atom stereocenters. The third-order valence-corrected chi connectivity index (χ3v) is 2.41. The zero-order chi connectivity index (χ0) is 13.9. The van der Waals surface area contributed by atoms with Crippen LogP contribution >= 0.6 is 0 Å². The van der Waals surface area contributed by atoms with E-state index in [0.29, 0.717) is 32.0 Å². The van der Waals surface area contributed by atoms with Crippen LogP contribution in [0.5, 0.6) is 0 Å². The molecule has 0 aromatic heterocycles. The van der Waals surface area contributed by atoms with Crippen LogP contribution in [0.15, 0.2) is 24.3 Å². The Labute approximate surface area is 113 Å². The first-order chi connectivity index (χ1) is 9.29. The maximum atomic E-state index is 10.8. The minimum absolute atomic E-state index is 0.0894. The molecule has 0 atom stereocenters. The highest BCUT2D eigenvalue weighted by atomic mass is 16.5. The fourth-order valence-electron chi connectivity index (χ4n) is 1.50. The summed E-state index contributed by atoms with van der Waals surface area (Å²) in [6.07, 6.45) is 0. The van der Waals surface area contributed by atoms with Gasteiger partial charge in [0.15, 0.2) is 0 Å². The fraction of sp³-hybridized carbons (Fsp3) is 0.500. The van der Waals surface area contributed by atoms with Crippen LogP contribution in [0, 0.1) is 0 Å². The first kappa shape index (κ1) is 15.6. The van der Waals surface area contributed by atoms with Gasteiger partial charge in [0.05, 0.1) is 32.0 Å². The summed E-state index contributed by atoms with van der Waals surface area (Å²) in [5.74, 6) is -0.199. The van der Waals surface area contributed by atoms with Crippen LogP contribution < -0.4 is 0 Å². The van der Waals surface area contributed by atoms with Crippen LogP contribution in [-0.4, -0.2) is 44.1 Å². The van der Waals surface area contributed by atoms with Crippen molar-refractivity contribution in [3.05, 3.63) is 35.4 Å². The second-order valence-corrected chi connectivity index (χ2v) is 3.77. The number of aliphatic hydroxyl groups is 1. The van der Waals surface area contributed by atoms with Gasteiger partial charge in [-0.1, -0.05) is 18.2 Å². The SMILES string of the molecule is CCOCCOCCO.O=C1OCc2ccccc21. The van der Waals surface area contributed by atoms with Gasteiger partial charge < -0.3 is 19.3 Å². The second-order valence-electron chi connectivity index (χ2n) is 3.77. The van der Waals surface area contributed by atoms with Gasteiger partial charge in [0.1, 0.15) is 6.61 Å². The highest BCUT2D eigenvalue weighted by molar-refractivity contribution is 5.93. The Kier molecular flexibility index (Phi) is 7.81. The van der Waals surface area contributed by atoms with E-state index in [0.717, 1.165) is 12.2 Å². The van der Waals surface area contributed by atoms with E-state index in [1.807, 2.05) is 25.1 Å². The van der Waals surface area contributed by atoms with Gasteiger partial charge in [0.25, 0.3) is 0 Å². The molecule has 5 heteroatoms. The van der Waals surface area contributed by atoms with Crippen LogP contribution in [-0.2, 0) is 20.8 Å². The van der Waals surface area contributed by atoms with Crippen LogP contribution in [0.2, 0.25) is 0 Å². The molecular formula is C14H20O5. The van der Waals surface area contributed by atoms with Crippen molar-refractivity contribution in [2.75, 3.05) is 33.0 Å². The molecule has 1 aromatic rings. The number of carbonyl (C=O) groups excluding carboxylic acids is 1. The van der Waals surface area contributed by atoms with Gasteiger partial charge in [-0.15, -0.1) is 0 Å². The van der Waals surface area contributed by atoms with Crippen molar-refractivity contribution in [3.63, 3.8) is 0 Å². The lowest BCUT2D eigenvalue weighted by Gasteiger charge is -2.00. The van der Waals surface area contributed by atoms with Gasteiger partial charge in [-0.05, 0) is 13.0 Å². The Morgan fingerprint density at radius 1 is 1.21 bits per heavy atom. The molecule has 0 fully saturated rings. The number of fused-ring (bicyclic) bond motifs is 1. The maximum Gasteiger partial charge on any atom is 0.338 e. The topological polar surface area (TPSA) is 65.0 Å². The number of aliphatic hydroxyl groups excluding tert-OH is 1. The molecule has 0 amide bonds. The predicted molar refractivity (Wildman–Crippen MR) is 70.0 cm³/mol. The number of cyclic esters (lactones) is 1. The summed E-state index contributed by atoms with van der Waals surface area (Å²) in [5.41, 5.74) is 1.70. The Morgan fingerprint density at radius 2 is 1.95 bits per heavy atom. The quantitative estimate of drug-likeness (QED) is 0.624. The lowest BCUT2D eigenvalue weighted by atomic mass is 10.1. The third kappa shape index (κ3) is 5.83. The number of ether oxygens (including phenoxy) is 3. The Morgan fingerprint density at radius 3 is 2.63 bits per heavy atom. The van der Waals surface area contributed by atoms with Gasteiger partial charge in [-0.25, -0.2) is 4.79 Å². The van der Waals surface area contributed by atoms with E-state index in [4.69, 9.17) is 19.3 Å². The van der Waals surface area contributed by atoms with Gasteiger partial charge >= 0.3 is 5.97 Å². The number of benzene rings is 1. The van der Waals surface area contributed by atoms with Crippen LogP contribution in [0.3, 0.4) is 0 Å². The van der Waals surface area contributed by atoms with E-state index in [-0.39, 0.29) is 12.6 Å². The molecule has 0 saturated carbocycles. The molecule has 1 N–H and O–H groups in total. The molecule has 0 spiro atoms. The largest absolute Gasteiger partial charge is 0.457 e. The zero-order valence-electron chi connectivity index (χ0n) is 11.1. The number of rotatable bonds is 6. The van der Waals surface area contributed by atoms with E-state index < -0.39 is 0 Å². The van der Waals surface area contributed by atoms with E-state index >= 15 is 0 Å². The van der Waals surface area contributed by atoms with E-state index in [9.17, 15) is 4.79 Å². The molecule has 19 heavy (non-hydrogen) atoms. The predicted octanol–water partition coefficient (Wildman–Crippen LogP) is 1.39. The normalized spacial score (nSPS) is 12.4. The first-order valence-corrected chi connectivity index (χ1v) is 6.31. The average Bonchev–Trinajstić information content (AvgIpc) is 2.82. The van der Waals surface area contributed by atoms with Crippen LogP contribution in [0.1, 0.15) is 22.8 Å². The number of hydrogen-bond acceptors (Lipinski definition) is 5. The first-order valence-electron chi connectivity index (χ1n) is 6.31. The molecular weight excluding hydrogens is 248 g/mol. The summed E-state index contributed by atoms with van der Waals surface area (Å²) in [6.45, 7) is 4.80. The molecule has 106 valence electrons. The Balaban J connectivity index is 0.000000192. The summed E-state index contributed by atoms with van der Waals surface area (Å²) in [6, 6.07) is 7.43. The lowest BCUT2D eigenvalue weighted by molar-refractivity contribution is 0.0370. The Hall–Kier alpha value is -1.43. The van der Waals surface area contributed by atoms with Crippen molar-refractivity contribution >= 4 is 5.97 Å². The third-order valence-electron chi connectivity index (χ3n) is 2.41. The highest BCUT2D eigenvalue weighted by Crippen LogP contribution is 2.17. The van der Waals surface area contributed by atoms with Gasteiger partial charge in [0, 0.05) is 12.2 Å². The average molecular weight is 268 g/mol. The number of esters is 1. The zero-order valence-corrected chi connectivity index (χ0v) is 11.1. The monoisotopic (exact) mass is 268 g/mol. The molecule has 1 heterocycles. The van der Waals surface area contributed by atoms with Gasteiger partial charge in [-0.2, -0.15) is 0 Å².